The van der Waals surface area contributed by atoms with Gasteiger partial charge in [0.2, 0.25) is 22.7 Å². The minimum Gasteiger partial charge on any atom is -0.477 e. The van der Waals surface area contributed by atoms with Crippen molar-refractivity contribution in [2.24, 2.45) is 5.16 Å². The van der Waals surface area contributed by atoms with E-state index >= 15 is 0 Å². The number of fused-ring (bicyclic) bond motifs is 2. The first-order valence-electron chi connectivity index (χ1n) is 10.3. The fourth-order valence-corrected chi connectivity index (χ4v) is 6.32. The molecule has 0 bridgehead atoms. The summed E-state index contributed by atoms with van der Waals surface area (Å²) in [4.78, 5) is 49.2. The molecule has 3 aromatic rings. The molecule has 2 atom stereocenters. The van der Waals surface area contributed by atoms with Gasteiger partial charge in [-0.05, 0) is 6.92 Å². The van der Waals surface area contributed by atoms with Gasteiger partial charge in [-0.2, -0.15) is 13.8 Å². The van der Waals surface area contributed by atoms with Gasteiger partial charge in [-0.1, -0.05) is 16.5 Å². The number of nitrogens with two attached hydrogens (primary N) is 1. The highest BCUT2D eigenvalue weighted by Gasteiger charge is 2.54. The Kier molecular flexibility index (Phi) is 6.16. The van der Waals surface area contributed by atoms with Crippen molar-refractivity contribution in [3.63, 3.8) is 0 Å². The van der Waals surface area contributed by atoms with Gasteiger partial charge in [0.05, 0.1) is 0 Å². The van der Waals surface area contributed by atoms with Crippen LogP contribution in [0, 0.1) is 0 Å². The molecule has 1 saturated heterocycles. The van der Waals surface area contributed by atoms with Crippen molar-refractivity contribution in [2.75, 3.05) is 18.1 Å². The van der Waals surface area contributed by atoms with Gasteiger partial charge in [0.15, 0.2) is 5.13 Å². The van der Waals surface area contributed by atoms with Crippen molar-refractivity contribution in [1.29, 1.82) is 0 Å². The van der Waals surface area contributed by atoms with E-state index in [4.69, 9.17) is 10.6 Å². The molecular weight excluding hydrogens is 516 g/mol. The van der Waals surface area contributed by atoms with Gasteiger partial charge in [-0.25, -0.2) is 9.36 Å². The summed E-state index contributed by atoms with van der Waals surface area (Å²) < 4.78 is 7.81. The zero-order valence-corrected chi connectivity index (χ0v) is 20.6. The van der Waals surface area contributed by atoms with Crippen LogP contribution in [0.1, 0.15) is 12.7 Å². The molecule has 0 unspecified atom stereocenters. The molecular formula is C19H19N8O5S3+. The smallest absolute Gasteiger partial charge is 0.352 e. The summed E-state index contributed by atoms with van der Waals surface area (Å²) in [7, 11) is 0. The predicted octanol–water partition coefficient (Wildman–Crippen LogP) is -0.0986. The van der Waals surface area contributed by atoms with Crippen LogP contribution in [-0.2, 0) is 25.8 Å². The Morgan fingerprint density at radius 3 is 2.97 bits per heavy atom. The highest BCUT2D eigenvalue weighted by atomic mass is 32.2. The summed E-state index contributed by atoms with van der Waals surface area (Å²) in [5.41, 5.74) is 5.95. The van der Waals surface area contributed by atoms with Gasteiger partial charge in [-0.15, -0.1) is 11.8 Å². The number of aromatic nitrogens is 4. The lowest BCUT2D eigenvalue weighted by atomic mass is 10.0. The summed E-state index contributed by atoms with van der Waals surface area (Å²) in [5, 5.41) is 17.8. The number of carboxylic acids is 1. The molecule has 3 aromatic heterocycles. The molecule has 5 rings (SSSR count). The van der Waals surface area contributed by atoms with E-state index in [-0.39, 0.29) is 29.0 Å². The lowest BCUT2D eigenvalue weighted by Crippen LogP contribution is -2.71. The number of imidazole rings is 1. The summed E-state index contributed by atoms with van der Waals surface area (Å²) in [6, 6.07) is -0.932. The number of anilines is 1. The van der Waals surface area contributed by atoms with E-state index in [9.17, 15) is 19.5 Å². The van der Waals surface area contributed by atoms with E-state index < -0.39 is 29.2 Å². The summed E-state index contributed by atoms with van der Waals surface area (Å²) in [5.74, 6) is -2.05. The van der Waals surface area contributed by atoms with Crippen molar-refractivity contribution in [3.05, 3.63) is 41.2 Å². The molecule has 4 N–H and O–H groups in total. The highest BCUT2D eigenvalue weighted by Crippen LogP contribution is 2.40. The minimum atomic E-state index is -1.19. The van der Waals surface area contributed by atoms with Crippen molar-refractivity contribution in [3.8, 4) is 0 Å². The number of β-lactam (4-membered cyclic amide) rings is 1. The van der Waals surface area contributed by atoms with Crippen LogP contribution in [0.4, 0.5) is 5.13 Å². The minimum absolute atomic E-state index is 0.0173. The van der Waals surface area contributed by atoms with E-state index in [1.807, 2.05) is 33.1 Å². The number of nitrogen functional groups attached to an aromatic ring is 1. The molecule has 0 aliphatic carbocycles. The lowest BCUT2D eigenvalue weighted by molar-refractivity contribution is -0.687. The quantitative estimate of drug-likeness (QED) is 0.154. The molecule has 0 spiro atoms. The second-order valence-corrected chi connectivity index (χ2v) is 10.3. The first kappa shape index (κ1) is 23.3. The number of carboxylic acid groups (broad SMARTS) is 1. The van der Waals surface area contributed by atoms with Crippen molar-refractivity contribution in [2.45, 2.75) is 24.9 Å². The van der Waals surface area contributed by atoms with Gasteiger partial charge < -0.3 is 21.0 Å². The predicted molar refractivity (Wildman–Crippen MR) is 128 cm³/mol. The fraction of sp³-hybridized carbons (Fsp3) is 0.316. The maximum atomic E-state index is 13.0. The van der Waals surface area contributed by atoms with Crippen molar-refractivity contribution in [1.82, 2.24) is 24.0 Å². The second kappa shape index (κ2) is 9.27. The zero-order chi connectivity index (χ0) is 24.7. The number of thiazole rings is 1. The van der Waals surface area contributed by atoms with Crippen molar-refractivity contribution < 1.29 is 28.9 Å². The number of nitrogens with zero attached hydrogens (tertiary/aromatic N) is 6. The molecule has 35 heavy (non-hydrogen) atoms. The average molecular weight is 536 g/mol. The molecule has 0 saturated carbocycles. The van der Waals surface area contributed by atoms with Crippen LogP contribution in [0.5, 0.6) is 0 Å². The molecule has 0 radical (unpaired) electrons. The Balaban J connectivity index is 1.35. The molecule has 2 amide bonds. The van der Waals surface area contributed by atoms with Crippen LogP contribution < -0.4 is 15.6 Å². The Bertz CT molecular complexity index is 1360. The number of carbonyl (C=O) groups excluding carboxylic acids is 2. The zero-order valence-electron chi connectivity index (χ0n) is 18.2. The SMILES string of the molecule is CCO/N=C(\C(=O)N[C@@H]1C(=O)N2C(C(=O)O)=C(C[n+]3cc4sccn4c3)CS[C@H]12)c1nsc(N)n1. The largest absolute Gasteiger partial charge is 0.477 e. The maximum absolute atomic E-state index is 13.0. The summed E-state index contributed by atoms with van der Waals surface area (Å²) in [6.07, 6.45) is 5.71. The number of carbonyl (C=O) groups is 3. The topological polar surface area (TPSA) is 168 Å². The summed E-state index contributed by atoms with van der Waals surface area (Å²) >= 11 is 3.85. The fourth-order valence-electron chi connectivity index (χ4n) is 3.79. The number of hydrogen-bond acceptors (Lipinski definition) is 11. The monoisotopic (exact) mass is 535 g/mol. The molecule has 13 nitrogen and oxygen atoms in total. The second-order valence-electron chi connectivity index (χ2n) is 7.50. The third-order valence-corrected chi connectivity index (χ3v) is 7.97. The maximum Gasteiger partial charge on any atom is 0.352 e. The molecule has 5 heterocycles. The molecule has 2 aliphatic heterocycles. The third kappa shape index (κ3) is 4.23. The molecule has 16 heteroatoms. The highest BCUT2D eigenvalue weighted by molar-refractivity contribution is 8.00. The van der Waals surface area contributed by atoms with Crippen molar-refractivity contribution >= 4 is 68.1 Å². The van der Waals surface area contributed by atoms with E-state index in [2.05, 4.69) is 19.8 Å². The van der Waals surface area contributed by atoms with E-state index in [1.165, 1.54) is 16.7 Å². The van der Waals surface area contributed by atoms with E-state index in [0.717, 1.165) is 16.4 Å². The number of hydrogen-bond donors (Lipinski definition) is 3. The third-order valence-electron chi connectivity index (χ3n) is 5.28. The van der Waals surface area contributed by atoms with Crippen LogP contribution in [0.3, 0.4) is 0 Å². The average Bonchev–Trinajstić information content (AvgIpc) is 3.54. The number of nitrogens with one attached hydrogen (secondary N) is 1. The first-order valence-corrected chi connectivity index (χ1v) is 13.0. The molecule has 0 aromatic carbocycles. The van der Waals surface area contributed by atoms with E-state index in [1.54, 1.807) is 18.3 Å². The van der Waals surface area contributed by atoms with Crippen LogP contribution in [0.2, 0.25) is 0 Å². The van der Waals surface area contributed by atoms with Gasteiger partial charge >= 0.3 is 5.97 Å². The Labute approximate surface area is 210 Å². The molecule has 1 fully saturated rings. The van der Waals surface area contributed by atoms with Gasteiger partial charge in [-0.3, -0.25) is 14.5 Å². The first-order chi connectivity index (χ1) is 16.9. The van der Waals surface area contributed by atoms with E-state index in [0.29, 0.717) is 17.9 Å². The number of amides is 2. The standard InChI is InChI=1S/C19H18N8O5S3/c1-2-32-23-11(14-22-19(20)35-24-14)15(28)21-12-16(29)27-13(18(30)31)9(7-34-17(12)27)5-25-6-10-26(8-25)3-4-33-10/h3-4,6,8,12,17H,2,5,7H2,1H3,(H3-,20,21,22,24,28,30,31)/p+1/b23-11-/t12-,17-/m1/s1. The summed E-state index contributed by atoms with van der Waals surface area (Å²) in [6.45, 7) is 2.23. The number of oxime groups is 1. The Morgan fingerprint density at radius 2 is 2.29 bits per heavy atom. The Morgan fingerprint density at radius 1 is 1.46 bits per heavy atom. The molecule has 182 valence electrons. The van der Waals surface area contributed by atoms with Gasteiger partial charge in [0.25, 0.3) is 11.8 Å². The van der Waals surface area contributed by atoms with Gasteiger partial charge in [0.1, 0.15) is 42.7 Å². The van der Waals surface area contributed by atoms with Crippen LogP contribution in [-0.4, -0.2) is 71.0 Å². The lowest BCUT2D eigenvalue weighted by Gasteiger charge is -2.49. The normalized spacial score (nSPS) is 20.1. The Hall–Kier alpha value is -3.50. The number of rotatable bonds is 8. The van der Waals surface area contributed by atoms with Gasteiger partial charge in [0, 0.05) is 28.2 Å². The van der Waals surface area contributed by atoms with Crippen LogP contribution >= 0.6 is 34.6 Å². The van der Waals surface area contributed by atoms with Crippen LogP contribution in [0.15, 0.2) is 40.5 Å². The van der Waals surface area contributed by atoms with Crippen LogP contribution in [0.25, 0.3) is 4.83 Å². The molecule has 2 aliphatic rings. The number of thioether (sulfide) groups is 1. The number of aliphatic carboxylic acids is 1.